The number of benzene rings is 2. The number of nitrogens with zero attached hydrogens (tertiary/aromatic N) is 3. The van der Waals surface area contributed by atoms with E-state index >= 15 is 0 Å². The van der Waals surface area contributed by atoms with Gasteiger partial charge in [-0.2, -0.15) is 14.9 Å². The number of aromatic nitrogens is 3. The smallest absolute Gasteiger partial charge is 0.216 e. The van der Waals surface area contributed by atoms with Gasteiger partial charge in [0, 0.05) is 11.1 Å². The maximum Gasteiger partial charge on any atom is 0.216 e. The first-order valence-electron chi connectivity index (χ1n) is 7.38. The zero-order chi connectivity index (χ0) is 16.9. The lowest BCUT2D eigenvalue weighted by atomic mass is 10.2. The molecule has 5 nitrogen and oxygen atoms in total. The van der Waals surface area contributed by atoms with Gasteiger partial charge in [-0.1, -0.05) is 30.3 Å². The van der Waals surface area contributed by atoms with E-state index in [4.69, 9.17) is 17.0 Å². The molecule has 0 saturated carbocycles. The van der Waals surface area contributed by atoms with Crippen molar-refractivity contribution < 1.29 is 9.13 Å². The Balaban J connectivity index is 1.99. The number of hydrogen-bond donors (Lipinski definition) is 1. The zero-order valence-corrected chi connectivity index (χ0v) is 13.8. The highest BCUT2D eigenvalue weighted by Crippen LogP contribution is 2.22. The molecule has 0 unspecified atom stereocenters. The Morgan fingerprint density at radius 1 is 1.29 bits per heavy atom. The highest BCUT2D eigenvalue weighted by atomic mass is 32.1. The lowest BCUT2D eigenvalue weighted by molar-refractivity contribution is 0.340. The molecule has 122 valence electrons. The maximum atomic E-state index is 13.7. The number of halogens is 1. The monoisotopic (exact) mass is 342 g/mol. The molecule has 0 atom stereocenters. The molecule has 0 radical (unpaired) electrons. The lowest BCUT2D eigenvalue weighted by Gasteiger charge is -2.05. The van der Waals surface area contributed by atoms with Crippen molar-refractivity contribution in [3.63, 3.8) is 0 Å². The van der Waals surface area contributed by atoms with E-state index in [0.29, 0.717) is 22.8 Å². The van der Waals surface area contributed by atoms with Crippen LogP contribution in [0.1, 0.15) is 12.5 Å². The Kier molecular flexibility index (Phi) is 4.81. The van der Waals surface area contributed by atoms with Crippen molar-refractivity contribution in [3.8, 4) is 17.1 Å². The number of H-pyrrole nitrogens is 1. The number of aromatic amines is 1. The fraction of sp³-hybridized carbons (Fsp3) is 0.118. The van der Waals surface area contributed by atoms with Gasteiger partial charge in [-0.3, -0.25) is 0 Å². The summed E-state index contributed by atoms with van der Waals surface area (Å²) in [5.74, 6) is 0.902. The summed E-state index contributed by atoms with van der Waals surface area (Å²) in [4.78, 5) is 0. The van der Waals surface area contributed by atoms with Gasteiger partial charge >= 0.3 is 0 Å². The van der Waals surface area contributed by atoms with Crippen LogP contribution in [0.3, 0.4) is 0 Å². The first kappa shape index (κ1) is 16.1. The van der Waals surface area contributed by atoms with Crippen LogP contribution in [0.5, 0.6) is 5.75 Å². The van der Waals surface area contributed by atoms with Gasteiger partial charge in [0.1, 0.15) is 11.6 Å². The van der Waals surface area contributed by atoms with E-state index in [1.165, 1.54) is 17.0 Å². The van der Waals surface area contributed by atoms with E-state index in [2.05, 4.69) is 15.3 Å². The third-order valence-corrected chi connectivity index (χ3v) is 3.54. The molecule has 0 amide bonds. The molecule has 1 N–H and O–H groups in total. The van der Waals surface area contributed by atoms with Gasteiger partial charge < -0.3 is 4.74 Å². The number of hydrogen-bond acceptors (Lipinski definition) is 4. The first-order chi connectivity index (χ1) is 11.7. The number of nitrogens with one attached hydrogen (secondary N) is 1. The van der Waals surface area contributed by atoms with Crippen LogP contribution in [0.25, 0.3) is 11.4 Å². The fourth-order valence-corrected chi connectivity index (χ4v) is 2.36. The van der Waals surface area contributed by atoms with E-state index < -0.39 is 0 Å². The minimum Gasteiger partial charge on any atom is -0.494 e. The second-order valence-corrected chi connectivity index (χ2v) is 5.28. The molecule has 7 heteroatoms. The molecular formula is C17H15FN4OS. The van der Waals surface area contributed by atoms with Crippen molar-refractivity contribution in [2.45, 2.75) is 6.92 Å². The molecule has 0 aliphatic rings. The van der Waals surface area contributed by atoms with Gasteiger partial charge in [-0.25, -0.2) is 9.49 Å². The van der Waals surface area contributed by atoms with Gasteiger partial charge in [-0.05, 0) is 37.3 Å². The van der Waals surface area contributed by atoms with Gasteiger partial charge in [0.05, 0.1) is 12.8 Å². The average Bonchev–Trinajstić information content (AvgIpc) is 2.96. The Hall–Kier alpha value is -2.80. The normalized spacial score (nSPS) is 11.1. The molecule has 0 aliphatic heterocycles. The van der Waals surface area contributed by atoms with Crippen molar-refractivity contribution in [2.75, 3.05) is 6.61 Å². The quantitative estimate of drug-likeness (QED) is 0.563. The summed E-state index contributed by atoms with van der Waals surface area (Å²) in [5.41, 5.74) is 1.16. The Morgan fingerprint density at radius 2 is 2.12 bits per heavy atom. The third kappa shape index (κ3) is 3.41. The van der Waals surface area contributed by atoms with E-state index in [1.54, 1.807) is 18.2 Å². The topological polar surface area (TPSA) is 55.2 Å². The van der Waals surface area contributed by atoms with Crippen molar-refractivity contribution in [2.24, 2.45) is 5.10 Å². The minimum atomic E-state index is -0.351. The minimum absolute atomic E-state index is 0.319. The fourth-order valence-electron chi connectivity index (χ4n) is 2.18. The van der Waals surface area contributed by atoms with Crippen LogP contribution in [-0.4, -0.2) is 27.7 Å². The molecule has 0 saturated heterocycles. The summed E-state index contributed by atoms with van der Waals surface area (Å²) in [6.07, 6.45) is 1.41. The van der Waals surface area contributed by atoms with Gasteiger partial charge in [0.2, 0.25) is 4.77 Å². The lowest BCUT2D eigenvalue weighted by Crippen LogP contribution is -1.97. The first-order valence-corrected chi connectivity index (χ1v) is 7.79. The van der Waals surface area contributed by atoms with Gasteiger partial charge in [0.15, 0.2) is 5.82 Å². The summed E-state index contributed by atoms with van der Waals surface area (Å²) in [6, 6.07) is 13.8. The molecule has 0 bridgehead atoms. The molecule has 3 aromatic rings. The Morgan fingerprint density at radius 3 is 2.92 bits per heavy atom. The van der Waals surface area contributed by atoms with Crippen molar-refractivity contribution >= 4 is 18.4 Å². The summed E-state index contributed by atoms with van der Waals surface area (Å²) in [5, 5.41) is 11.2. The second-order valence-electron chi connectivity index (χ2n) is 4.89. The molecule has 24 heavy (non-hydrogen) atoms. The van der Waals surface area contributed by atoms with Crippen LogP contribution in [-0.2, 0) is 0 Å². The van der Waals surface area contributed by atoms with Gasteiger partial charge in [-0.15, -0.1) is 0 Å². The highest BCUT2D eigenvalue weighted by Gasteiger charge is 2.09. The van der Waals surface area contributed by atoms with Crippen molar-refractivity contribution in [1.29, 1.82) is 0 Å². The van der Waals surface area contributed by atoms with E-state index in [-0.39, 0.29) is 5.82 Å². The predicted molar refractivity (Wildman–Crippen MR) is 93.4 cm³/mol. The molecular weight excluding hydrogens is 327 g/mol. The standard InChI is InChI=1S/C17H15FN4OS/c1-2-23-14-8-5-7-12(10-14)16-20-21-17(24)22(16)19-11-13-6-3-4-9-15(13)18/h3-11H,2H2,1H3,(H,21,24)/b19-11+. The second kappa shape index (κ2) is 7.18. The van der Waals surface area contributed by atoms with Crippen LogP contribution < -0.4 is 4.74 Å². The molecule has 2 aromatic carbocycles. The van der Waals surface area contributed by atoms with E-state index in [9.17, 15) is 4.39 Å². The Bertz CT molecular complexity index is 932. The summed E-state index contributed by atoms with van der Waals surface area (Å²) in [7, 11) is 0. The number of ether oxygens (including phenoxy) is 1. The largest absolute Gasteiger partial charge is 0.494 e. The maximum absolute atomic E-state index is 13.7. The number of rotatable bonds is 5. The van der Waals surface area contributed by atoms with Crippen LogP contribution in [0.2, 0.25) is 0 Å². The van der Waals surface area contributed by atoms with E-state index in [0.717, 1.165) is 11.3 Å². The van der Waals surface area contributed by atoms with Crippen LogP contribution in [0, 0.1) is 10.6 Å². The third-order valence-electron chi connectivity index (χ3n) is 3.27. The zero-order valence-electron chi connectivity index (χ0n) is 12.9. The van der Waals surface area contributed by atoms with Crippen LogP contribution >= 0.6 is 12.2 Å². The highest BCUT2D eigenvalue weighted by molar-refractivity contribution is 7.71. The Labute approximate surface area is 143 Å². The summed E-state index contributed by atoms with van der Waals surface area (Å²) < 4.78 is 21.0. The average molecular weight is 342 g/mol. The predicted octanol–water partition coefficient (Wildman–Crippen LogP) is 4.03. The molecule has 0 spiro atoms. The summed E-state index contributed by atoms with van der Waals surface area (Å²) >= 11 is 5.21. The molecule has 1 aromatic heterocycles. The molecule has 0 aliphatic carbocycles. The SMILES string of the molecule is CCOc1cccc(-c2n[nH]c(=S)n2/N=C/c2ccccc2F)c1. The molecule has 0 fully saturated rings. The summed E-state index contributed by atoms with van der Waals surface area (Å²) in [6.45, 7) is 2.49. The van der Waals surface area contributed by atoms with Crippen LogP contribution in [0.4, 0.5) is 4.39 Å². The van der Waals surface area contributed by atoms with Crippen molar-refractivity contribution in [3.05, 3.63) is 64.7 Å². The van der Waals surface area contributed by atoms with Gasteiger partial charge in [0.25, 0.3) is 0 Å². The molecule has 3 rings (SSSR count). The van der Waals surface area contributed by atoms with Crippen LogP contribution in [0.15, 0.2) is 53.6 Å². The van der Waals surface area contributed by atoms with E-state index in [1.807, 2.05) is 31.2 Å². The van der Waals surface area contributed by atoms with Crippen molar-refractivity contribution in [1.82, 2.24) is 14.9 Å². The molecule has 1 heterocycles.